The Balaban J connectivity index is 1.47. The first kappa shape index (κ1) is 21.7. The zero-order chi connectivity index (χ0) is 21.7. The molecule has 0 bridgehead atoms. The van der Waals surface area contributed by atoms with Crippen LogP contribution >= 0.6 is 23.2 Å². The van der Waals surface area contributed by atoms with Crippen molar-refractivity contribution in [3.05, 3.63) is 46.1 Å². The van der Waals surface area contributed by atoms with Gasteiger partial charge in [-0.3, -0.25) is 4.79 Å². The second-order valence-corrected chi connectivity index (χ2v) is 6.97. The van der Waals surface area contributed by atoms with Gasteiger partial charge in [-0.2, -0.15) is 0 Å². The molecule has 0 aliphatic carbocycles. The van der Waals surface area contributed by atoms with Crippen molar-refractivity contribution in [2.24, 2.45) is 5.16 Å². The van der Waals surface area contributed by atoms with E-state index in [1.165, 1.54) is 19.2 Å². The second kappa shape index (κ2) is 9.64. The van der Waals surface area contributed by atoms with Crippen molar-refractivity contribution >= 4 is 46.6 Å². The lowest BCUT2D eigenvalue weighted by molar-refractivity contribution is -0.157. The Kier molecular flexibility index (Phi) is 6.96. The highest BCUT2D eigenvalue weighted by molar-refractivity contribution is 6.36. The largest absolute Gasteiger partial charge is 0.454 e. The molecular formula is C19H17Cl2N3O6. The SMILES string of the molecule is C/C(=N/OCC(=O)O[C@@H](C)C(=O)Nc1ncc(Cl)cc1Cl)c1ccc2c(c1)OCO2. The van der Waals surface area contributed by atoms with Crippen molar-refractivity contribution in [2.45, 2.75) is 20.0 Å². The molecule has 3 rings (SSSR count). The number of hydrogen-bond acceptors (Lipinski definition) is 8. The minimum Gasteiger partial charge on any atom is -0.454 e. The zero-order valence-electron chi connectivity index (χ0n) is 16.0. The van der Waals surface area contributed by atoms with Crippen molar-refractivity contribution < 1.29 is 28.6 Å². The summed E-state index contributed by atoms with van der Waals surface area (Å²) in [6, 6.07) is 6.73. The minimum atomic E-state index is -1.10. The molecule has 0 fully saturated rings. The Morgan fingerprint density at radius 3 is 2.80 bits per heavy atom. The molecule has 1 aromatic heterocycles. The van der Waals surface area contributed by atoms with Crippen LogP contribution in [0, 0.1) is 0 Å². The lowest BCUT2D eigenvalue weighted by Gasteiger charge is -2.13. The Bertz CT molecular complexity index is 998. The van der Waals surface area contributed by atoms with Gasteiger partial charge in [0.15, 0.2) is 23.4 Å². The first-order chi connectivity index (χ1) is 14.3. The van der Waals surface area contributed by atoms with Gasteiger partial charge in [0.05, 0.1) is 15.8 Å². The molecule has 0 spiro atoms. The van der Waals surface area contributed by atoms with Crippen molar-refractivity contribution in [1.82, 2.24) is 4.98 Å². The summed E-state index contributed by atoms with van der Waals surface area (Å²) in [7, 11) is 0. The number of rotatable bonds is 7. The third-order valence-electron chi connectivity index (χ3n) is 3.90. The summed E-state index contributed by atoms with van der Waals surface area (Å²) >= 11 is 11.7. The van der Waals surface area contributed by atoms with E-state index in [9.17, 15) is 9.59 Å². The topological polar surface area (TPSA) is 108 Å². The lowest BCUT2D eigenvalue weighted by Crippen LogP contribution is -2.31. The molecule has 11 heteroatoms. The van der Waals surface area contributed by atoms with Crippen LogP contribution < -0.4 is 14.8 Å². The number of oxime groups is 1. The number of nitrogens with one attached hydrogen (secondary N) is 1. The number of halogens is 2. The van der Waals surface area contributed by atoms with Gasteiger partial charge in [0, 0.05) is 11.8 Å². The number of benzene rings is 1. The van der Waals surface area contributed by atoms with Crippen LogP contribution in [-0.2, 0) is 19.2 Å². The van der Waals surface area contributed by atoms with Crippen molar-refractivity contribution in [3.63, 3.8) is 0 Å². The third-order valence-corrected chi connectivity index (χ3v) is 4.40. The number of nitrogens with zero attached hydrogens (tertiary/aromatic N) is 2. The Labute approximate surface area is 181 Å². The van der Waals surface area contributed by atoms with Crippen LogP contribution in [0.5, 0.6) is 11.5 Å². The number of anilines is 1. The number of esters is 1. The molecule has 158 valence electrons. The average Bonchev–Trinajstić information content (AvgIpc) is 3.17. The van der Waals surface area contributed by atoms with Crippen molar-refractivity contribution in [3.8, 4) is 11.5 Å². The summed E-state index contributed by atoms with van der Waals surface area (Å²) in [6.45, 7) is 2.81. The predicted octanol–water partition coefficient (Wildman–Crippen LogP) is 3.43. The molecule has 1 N–H and O–H groups in total. The standard InChI is InChI=1S/C19H17Cl2N3O6/c1-10(12-3-4-15-16(5-12)28-9-27-15)24-29-8-17(25)30-11(2)19(26)23-18-14(21)6-13(20)7-22-18/h3-7,11H,8-9H2,1-2H3,(H,22,23,26)/b24-10-/t11-/m0/s1. The minimum absolute atomic E-state index is 0.106. The molecule has 30 heavy (non-hydrogen) atoms. The van der Waals surface area contributed by atoms with Crippen LogP contribution in [0.3, 0.4) is 0 Å². The van der Waals surface area contributed by atoms with E-state index >= 15 is 0 Å². The highest BCUT2D eigenvalue weighted by Crippen LogP contribution is 2.32. The van der Waals surface area contributed by atoms with Gasteiger partial charge >= 0.3 is 5.97 Å². The molecular weight excluding hydrogens is 437 g/mol. The van der Waals surface area contributed by atoms with Gasteiger partial charge in [-0.1, -0.05) is 28.4 Å². The Hall–Kier alpha value is -3.04. The fourth-order valence-corrected chi connectivity index (χ4v) is 2.79. The number of amides is 1. The Morgan fingerprint density at radius 1 is 1.27 bits per heavy atom. The normalized spacial score (nSPS) is 13.5. The molecule has 0 saturated carbocycles. The highest BCUT2D eigenvalue weighted by Gasteiger charge is 2.20. The lowest BCUT2D eigenvalue weighted by atomic mass is 10.1. The van der Waals surface area contributed by atoms with Gasteiger partial charge in [-0.25, -0.2) is 9.78 Å². The molecule has 0 saturated heterocycles. The van der Waals surface area contributed by atoms with Crippen LogP contribution in [0.15, 0.2) is 35.6 Å². The molecule has 2 heterocycles. The molecule has 9 nitrogen and oxygen atoms in total. The summed E-state index contributed by atoms with van der Waals surface area (Å²) < 4.78 is 15.6. The summed E-state index contributed by atoms with van der Waals surface area (Å²) in [4.78, 5) is 33.0. The van der Waals surface area contributed by atoms with Gasteiger partial charge < -0.3 is 24.4 Å². The quantitative estimate of drug-likeness (QED) is 0.388. The number of pyridine rings is 1. The second-order valence-electron chi connectivity index (χ2n) is 6.12. The molecule has 1 aromatic carbocycles. The number of aromatic nitrogens is 1. The van der Waals surface area contributed by atoms with Crippen LogP contribution in [0.25, 0.3) is 0 Å². The van der Waals surface area contributed by atoms with Crippen LogP contribution in [0.1, 0.15) is 19.4 Å². The summed E-state index contributed by atoms with van der Waals surface area (Å²) in [5, 5.41) is 6.81. The number of carbonyl (C=O) groups excluding carboxylic acids is 2. The molecule has 1 amide bonds. The molecule has 0 unspecified atom stereocenters. The zero-order valence-corrected chi connectivity index (χ0v) is 17.5. The van der Waals surface area contributed by atoms with Crippen LogP contribution in [-0.4, -0.2) is 42.1 Å². The van der Waals surface area contributed by atoms with Crippen molar-refractivity contribution in [2.75, 3.05) is 18.7 Å². The molecule has 1 aliphatic rings. The van der Waals surface area contributed by atoms with Gasteiger partial charge in [0.1, 0.15) is 0 Å². The van der Waals surface area contributed by atoms with E-state index < -0.39 is 24.6 Å². The van der Waals surface area contributed by atoms with Crippen LogP contribution in [0.2, 0.25) is 10.0 Å². The molecule has 1 atom stereocenters. The van der Waals surface area contributed by atoms with E-state index in [0.29, 0.717) is 22.2 Å². The summed E-state index contributed by atoms with van der Waals surface area (Å²) in [5.41, 5.74) is 1.27. The summed E-state index contributed by atoms with van der Waals surface area (Å²) in [6.07, 6.45) is 0.224. The maximum atomic E-state index is 12.1. The fraction of sp³-hybridized carbons (Fsp3) is 0.263. The number of fused-ring (bicyclic) bond motifs is 1. The van der Waals surface area contributed by atoms with E-state index in [0.717, 1.165) is 5.56 Å². The van der Waals surface area contributed by atoms with Gasteiger partial charge in [0.2, 0.25) is 13.4 Å². The molecule has 1 aliphatic heterocycles. The van der Waals surface area contributed by atoms with E-state index in [4.69, 9.17) is 42.3 Å². The average molecular weight is 454 g/mol. The maximum absolute atomic E-state index is 12.1. The first-order valence-corrected chi connectivity index (χ1v) is 9.47. The monoisotopic (exact) mass is 453 g/mol. The number of ether oxygens (including phenoxy) is 3. The van der Waals surface area contributed by atoms with E-state index in [1.807, 2.05) is 0 Å². The van der Waals surface area contributed by atoms with E-state index in [-0.39, 0.29) is 17.6 Å². The van der Waals surface area contributed by atoms with Crippen molar-refractivity contribution in [1.29, 1.82) is 0 Å². The van der Waals surface area contributed by atoms with Crippen LogP contribution in [0.4, 0.5) is 5.82 Å². The van der Waals surface area contributed by atoms with Gasteiger partial charge in [-0.15, -0.1) is 0 Å². The van der Waals surface area contributed by atoms with Gasteiger partial charge in [0.25, 0.3) is 5.91 Å². The molecule has 2 aromatic rings. The molecule has 0 radical (unpaired) electrons. The predicted molar refractivity (Wildman–Crippen MR) is 109 cm³/mol. The number of hydrogen-bond donors (Lipinski definition) is 1. The van der Waals surface area contributed by atoms with Gasteiger partial charge in [-0.05, 0) is 38.1 Å². The Morgan fingerprint density at radius 2 is 2.03 bits per heavy atom. The van der Waals surface area contributed by atoms with E-state index in [2.05, 4.69) is 15.5 Å². The number of carbonyl (C=O) groups is 2. The summed E-state index contributed by atoms with van der Waals surface area (Å²) in [5.74, 6) is -0.0145. The third kappa shape index (κ3) is 5.52. The maximum Gasteiger partial charge on any atom is 0.347 e. The highest BCUT2D eigenvalue weighted by atomic mass is 35.5. The first-order valence-electron chi connectivity index (χ1n) is 8.71. The smallest absolute Gasteiger partial charge is 0.347 e. The fourth-order valence-electron chi connectivity index (χ4n) is 2.37. The van der Waals surface area contributed by atoms with E-state index in [1.54, 1.807) is 25.1 Å².